The Morgan fingerprint density at radius 1 is 1.41 bits per heavy atom. The first-order valence-corrected chi connectivity index (χ1v) is 6.74. The van der Waals surface area contributed by atoms with Crippen molar-refractivity contribution in [3.8, 4) is 0 Å². The summed E-state index contributed by atoms with van der Waals surface area (Å²) in [6.07, 6.45) is 4.94. The van der Waals surface area contributed by atoms with Crippen molar-refractivity contribution in [3.05, 3.63) is 22.7 Å². The summed E-state index contributed by atoms with van der Waals surface area (Å²) in [5.74, 6) is 1.27. The summed E-state index contributed by atoms with van der Waals surface area (Å²) in [6.45, 7) is 4.60. The van der Waals surface area contributed by atoms with Crippen molar-refractivity contribution in [3.63, 3.8) is 0 Å². The molecule has 0 amide bonds. The van der Waals surface area contributed by atoms with Gasteiger partial charge < -0.3 is 4.74 Å². The Morgan fingerprint density at radius 2 is 2.12 bits per heavy atom. The zero-order valence-corrected chi connectivity index (χ0v) is 11.2. The Labute approximate surface area is 108 Å². The van der Waals surface area contributed by atoms with Crippen LogP contribution in [0.2, 0.25) is 5.15 Å². The lowest BCUT2D eigenvalue weighted by Gasteiger charge is -2.14. The van der Waals surface area contributed by atoms with Crippen LogP contribution in [-0.2, 0) is 4.74 Å². The fraction of sp³-hybridized carbons (Fsp3) is 0.692. The van der Waals surface area contributed by atoms with Crippen LogP contribution in [0, 0.1) is 0 Å². The maximum absolute atomic E-state index is 6.07. The Balaban J connectivity index is 2.22. The molecule has 0 radical (unpaired) electrons. The molecular weight excluding hydrogens is 236 g/mol. The molecule has 1 saturated carbocycles. The van der Waals surface area contributed by atoms with E-state index in [4.69, 9.17) is 16.3 Å². The fourth-order valence-electron chi connectivity index (χ4n) is 2.39. The molecule has 17 heavy (non-hydrogen) atoms. The van der Waals surface area contributed by atoms with Gasteiger partial charge in [0.05, 0.1) is 0 Å². The zero-order chi connectivity index (χ0) is 12.3. The molecule has 0 bridgehead atoms. The molecule has 0 saturated heterocycles. The minimum Gasteiger partial charge on any atom is -0.371 e. The largest absolute Gasteiger partial charge is 0.371 e. The highest BCUT2D eigenvalue weighted by Gasteiger charge is 2.21. The Kier molecular flexibility index (Phi) is 4.35. The molecule has 1 aliphatic rings. The molecule has 1 aromatic heterocycles. The van der Waals surface area contributed by atoms with Gasteiger partial charge in [-0.05, 0) is 32.8 Å². The third-order valence-corrected chi connectivity index (χ3v) is 3.48. The van der Waals surface area contributed by atoms with Gasteiger partial charge in [0, 0.05) is 18.2 Å². The van der Waals surface area contributed by atoms with Gasteiger partial charge in [-0.15, -0.1) is 0 Å². The summed E-state index contributed by atoms with van der Waals surface area (Å²) in [4.78, 5) is 8.87. The molecule has 4 heteroatoms. The molecule has 94 valence electrons. The lowest BCUT2D eigenvalue weighted by Crippen LogP contribution is -2.08. The van der Waals surface area contributed by atoms with E-state index in [2.05, 4.69) is 9.97 Å². The van der Waals surface area contributed by atoms with E-state index in [0.29, 0.717) is 23.5 Å². The molecular formula is C13H19ClN2O. The molecule has 1 heterocycles. The van der Waals surface area contributed by atoms with Gasteiger partial charge in [0.2, 0.25) is 0 Å². The fourth-order valence-corrected chi connectivity index (χ4v) is 2.59. The van der Waals surface area contributed by atoms with Crippen LogP contribution in [0.15, 0.2) is 6.07 Å². The first-order chi connectivity index (χ1) is 8.20. The summed E-state index contributed by atoms with van der Waals surface area (Å²) >= 11 is 6.07. The van der Waals surface area contributed by atoms with E-state index in [1.807, 2.05) is 19.9 Å². The third kappa shape index (κ3) is 3.17. The number of ether oxygens (including phenoxy) is 1. The van der Waals surface area contributed by atoms with Crippen molar-refractivity contribution in [1.29, 1.82) is 0 Å². The predicted molar refractivity (Wildman–Crippen MR) is 68.3 cm³/mol. The van der Waals surface area contributed by atoms with E-state index in [-0.39, 0.29) is 6.10 Å². The minimum absolute atomic E-state index is 0.0844. The lowest BCUT2D eigenvalue weighted by molar-refractivity contribution is 0.0698. The van der Waals surface area contributed by atoms with Crippen LogP contribution in [0.5, 0.6) is 0 Å². The molecule has 1 fully saturated rings. The van der Waals surface area contributed by atoms with Crippen molar-refractivity contribution < 1.29 is 4.74 Å². The first-order valence-electron chi connectivity index (χ1n) is 6.36. The predicted octanol–water partition coefficient (Wildman–Crippen LogP) is 3.89. The normalized spacial score (nSPS) is 18.5. The van der Waals surface area contributed by atoms with E-state index in [1.165, 1.54) is 25.7 Å². The number of aromatic nitrogens is 2. The summed E-state index contributed by atoms with van der Waals surface area (Å²) in [7, 11) is 0. The van der Waals surface area contributed by atoms with E-state index < -0.39 is 0 Å². The van der Waals surface area contributed by atoms with Crippen LogP contribution < -0.4 is 0 Å². The van der Waals surface area contributed by atoms with Gasteiger partial charge >= 0.3 is 0 Å². The van der Waals surface area contributed by atoms with E-state index >= 15 is 0 Å². The van der Waals surface area contributed by atoms with Crippen molar-refractivity contribution in [1.82, 2.24) is 9.97 Å². The molecule has 0 spiro atoms. The number of nitrogens with zero attached hydrogens (tertiary/aromatic N) is 2. The molecule has 3 nitrogen and oxygen atoms in total. The van der Waals surface area contributed by atoms with Crippen LogP contribution in [-0.4, -0.2) is 16.6 Å². The Bertz CT molecular complexity index is 378. The molecule has 2 rings (SSSR count). The van der Waals surface area contributed by atoms with Gasteiger partial charge in [-0.25, -0.2) is 9.97 Å². The third-order valence-electron chi connectivity index (χ3n) is 3.29. The van der Waals surface area contributed by atoms with Crippen LogP contribution in [0.4, 0.5) is 0 Å². The second-order valence-electron chi connectivity index (χ2n) is 4.55. The second kappa shape index (κ2) is 5.78. The van der Waals surface area contributed by atoms with E-state index in [0.717, 1.165) is 5.69 Å². The van der Waals surface area contributed by atoms with Crippen LogP contribution >= 0.6 is 11.6 Å². The highest BCUT2D eigenvalue weighted by Crippen LogP contribution is 2.34. The highest BCUT2D eigenvalue weighted by molar-refractivity contribution is 6.29. The molecule has 1 unspecified atom stereocenters. The maximum Gasteiger partial charge on any atom is 0.158 e. The van der Waals surface area contributed by atoms with Gasteiger partial charge in [0.1, 0.15) is 11.3 Å². The van der Waals surface area contributed by atoms with Crippen molar-refractivity contribution in [2.45, 2.75) is 51.6 Å². The summed E-state index contributed by atoms with van der Waals surface area (Å²) < 4.78 is 5.52. The lowest BCUT2D eigenvalue weighted by atomic mass is 10.0. The SMILES string of the molecule is CCOC(C)c1nc(Cl)cc(C2CCCC2)n1. The first kappa shape index (κ1) is 12.8. The van der Waals surface area contributed by atoms with Gasteiger partial charge in [-0.3, -0.25) is 0 Å². The monoisotopic (exact) mass is 254 g/mol. The molecule has 1 aliphatic carbocycles. The van der Waals surface area contributed by atoms with Crippen LogP contribution in [0.25, 0.3) is 0 Å². The standard InChI is InChI=1S/C13H19ClN2O/c1-3-17-9(2)13-15-11(8-12(14)16-13)10-6-4-5-7-10/h8-10H,3-7H2,1-2H3. The average molecular weight is 255 g/mol. The second-order valence-corrected chi connectivity index (χ2v) is 4.94. The average Bonchev–Trinajstić information content (AvgIpc) is 2.82. The topological polar surface area (TPSA) is 35.0 Å². The quantitative estimate of drug-likeness (QED) is 0.765. The van der Waals surface area contributed by atoms with Crippen LogP contribution in [0.1, 0.15) is 63.1 Å². The number of hydrogen-bond donors (Lipinski definition) is 0. The van der Waals surface area contributed by atoms with Gasteiger partial charge in [-0.2, -0.15) is 0 Å². The maximum atomic E-state index is 6.07. The molecule has 0 aliphatic heterocycles. The van der Waals surface area contributed by atoms with Gasteiger partial charge in [0.15, 0.2) is 5.82 Å². The van der Waals surface area contributed by atoms with Gasteiger partial charge in [0.25, 0.3) is 0 Å². The minimum atomic E-state index is -0.0844. The van der Waals surface area contributed by atoms with Crippen molar-refractivity contribution >= 4 is 11.6 Å². The summed E-state index contributed by atoms with van der Waals surface area (Å²) in [5.41, 5.74) is 1.09. The zero-order valence-electron chi connectivity index (χ0n) is 10.4. The molecule has 1 aromatic rings. The van der Waals surface area contributed by atoms with Crippen molar-refractivity contribution in [2.24, 2.45) is 0 Å². The smallest absolute Gasteiger partial charge is 0.158 e. The van der Waals surface area contributed by atoms with Crippen LogP contribution in [0.3, 0.4) is 0 Å². The highest BCUT2D eigenvalue weighted by atomic mass is 35.5. The summed E-state index contributed by atoms with van der Waals surface area (Å²) in [5, 5.41) is 0.531. The Hall–Kier alpha value is -0.670. The van der Waals surface area contributed by atoms with E-state index in [1.54, 1.807) is 0 Å². The number of hydrogen-bond acceptors (Lipinski definition) is 3. The molecule has 1 atom stereocenters. The van der Waals surface area contributed by atoms with Crippen molar-refractivity contribution in [2.75, 3.05) is 6.61 Å². The molecule has 0 aromatic carbocycles. The van der Waals surface area contributed by atoms with Gasteiger partial charge in [-0.1, -0.05) is 24.4 Å². The Morgan fingerprint density at radius 3 is 2.76 bits per heavy atom. The summed E-state index contributed by atoms with van der Waals surface area (Å²) in [6, 6.07) is 1.90. The number of halogens is 1. The number of rotatable bonds is 4. The van der Waals surface area contributed by atoms with E-state index in [9.17, 15) is 0 Å². The molecule has 0 N–H and O–H groups in total.